The van der Waals surface area contributed by atoms with Crippen molar-refractivity contribution in [1.29, 1.82) is 0 Å². The molecule has 4 aromatic rings. The second-order valence-corrected chi connectivity index (χ2v) is 7.25. The number of rotatable bonds is 6. The van der Waals surface area contributed by atoms with Crippen LogP contribution in [0.4, 0.5) is 0 Å². The van der Waals surface area contributed by atoms with Gasteiger partial charge in [0.05, 0.1) is 12.6 Å². The Labute approximate surface area is 162 Å². The van der Waals surface area contributed by atoms with E-state index in [0.717, 1.165) is 23.1 Å². The van der Waals surface area contributed by atoms with Gasteiger partial charge in [-0.25, -0.2) is 19.3 Å². The molecular formula is C21H20N6O. The average Bonchev–Trinajstić information content (AvgIpc) is 3.12. The van der Waals surface area contributed by atoms with Gasteiger partial charge >= 0.3 is 0 Å². The third kappa shape index (κ3) is 2.99. The highest BCUT2D eigenvalue weighted by molar-refractivity contribution is 5.63. The summed E-state index contributed by atoms with van der Waals surface area (Å²) in [5.41, 5.74) is 2.08. The fraction of sp³-hybridized carbons (Fsp3) is 0.238. The van der Waals surface area contributed by atoms with Gasteiger partial charge in [0, 0.05) is 5.92 Å². The monoisotopic (exact) mass is 372 g/mol. The largest absolute Gasteiger partial charge is 0.383 e. The summed E-state index contributed by atoms with van der Waals surface area (Å²) in [5, 5.41) is 20.2. The average molecular weight is 372 g/mol. The lowest BCUT2D eigenvalue weighted by atomic mass is 9.87. The molecule has 0 bridgehead atoms. The molecule has 2 aromatic heterocycles. The molecule has 0 amide bonds. The summed E-state index contributed by atoms with van der Waals surface area (Å²) in [6, 6.07) is 18.5. The van der Waals surface area contributed by atoms with Crippen molar-refractivity contribution in [1.82, 2.24) is 29.5 Å². The van der Waals surface area contributed by atoms with E-state index in [1.165, 1.54) is 12.7 Å². The topological polar surface area (TPSA) is 81.6 Å². The van der Waals surface area contributed by atoms with E-state index in [-0.39, 0.29) is 12.0 Å². The lowest BCUT2D eigenvalue weighted by molar-refractivity contribution is -0.0126. The second-order valence-electron chi connectivity index (χ2n) is 7.25. The Kier molecular flexibility index (Phi) is 4.02. The van der Waals surface area contributed by atoms with Gasteiger partial charge in [-0.1, -0.05) is 54.6 Å². The predicted octanol–water partition coefficient (Wildman–Crippen LogP) is 2.69. The van der Waals surface area contributed by atoms with E-state index in [1.54, 1.807) is 17.3 Å². The zero-order valence-electron chi connectivity index (χ0n) is 15.2. The summed E-state index contributed by atoms with van der Waals surface area (Å²) in [6.45, 7) is 0.341. The quantitative estimate of drug-likeness (QED) is 0.563. The Morgan fingerprint density at radius 1 is 0.893 bits per heavy atom. The molecule has 1 aliphatic rings. The standard InChI is InChI=1S/C21H20N6O/c28-21(11-26-14-22-12-24-26,19-10-20(19)27-15-23-13-25-27)18-8-6-17(7-9-18)16-4-2-1-3-5-16/h1-9,12-15,19-20,28H,10-11H2. The van der Waals surface area contributed by atoms with E-state index in [1.807, 2.05) is 35.0 Å². The van der Waals surface area contributed by atoms with Gasteiger partial charge in [-0.05, 0) is 23.1 Å². The fourth-order valence-electron chi connectivity index (χ4n) is 3.94. The first-order valence-corrected chi connectivity index (χ1v) is 9.29. The van der Waals surface area contributed by atoms with Gasteiger partial charge in [-0.3, -0.25) is 0 Å². The number of aromatic nitrogens is 6. The molecule has 1 saturated carbocycles. The highest BCUT2D eigenvalue weighted by Gasteiger charge is 2.54. The van der Waals surface area contributed by atoms with Crippen LogP contribution < -0.4 is 0 Å². The summed E-state index contributed by atoms with van der Waals surface area (Å²) in [6.07, 6.45) is 7.20. The maximum atomic E-state index is 11.8. The maximum absolute atomic E-state index is 11.8. The van der Waals surface area contributed by atoms with Crippen LogP contribution in [0.15, 0.2) is 79.9 Å². The highest BCUT2D eigenvalue weighted by Crippen LogP contribution is 2.54. The maximum Gasteiger partial charge on any atom is 0.137 e. The van der Waals surface area contributed by atoms with Crippen LogP contribution in [0, 0.1) is 5.92 Å². The third-order valence-electron chi connectivity index (χ3n) is 5.51. The Morgan fingerprint density at radius 2 is 1.61 bits per heavy atom. The molecule has 1 fully saturated rings. The van der Waals surface area contributed by atoms with E-state index in [2.05, 4.69) is 44.4 Å². The molecule has 1 N–H and O–H groups in total. The van der Waals surface area contributed by atoms with Gasteiger partial charge in [0.15, 0.2) is 0 Å². The van der Waals surface area contributed by atoms with E-state index in [4.69, 9.17) is 0 Å². The van der Waals surface area contributed by atoms with Gasteiger partial charge < -0.3 is 5.11 Å². The molecule has 2 heterocycles. The van der Waals surface area contributed by atoms with Crippen LogP contribution in [0.5, 0.6) is 0 Å². The van der Waals surface area contributed by atoms with Gasteiger partial charge in [0.25, 0.3) is 0 Å². The normalized spacial score (nSPS) is 20.6. The molecule has 7 nitrogen and oxygen atoms in total. The van der Waals surface area contributed by atoms with Crippen LogP contribution in [-0.2, 0) is 12.1 Å². The summed E-state index contributed by atoms with van der Waals surface area (Å²) in [7, 11) is 0. The number of benzene rings is 2. The molecule has 3 unspecified atom stereocenters. The minimum atomic E-state index is -1.07. The Balaban J connectivity index is 1.48. The van der Waals surface area contributed by atoms with Gasteiger partial charge in [0.2, 0.25) is 0 Å². The first-order chi connectivity index (χ1) is 13.7. The van der Waals surface area contributed by atoms with Gasteiger partial charge in [-0.2, -0.15) is 10.2 Å². The molecule has 0 radical (unpaired) electrons. The molecule has 0 spiro atoms. The van der Waals surface area contributed by atoms with Crippen LogP contribution in [-0.4, -0.2) is 34.6 Å². The molecule has 140 valence electrons. The van der Waals surface area contributed by atoms with Crippen LogP contribution in [0.25, 0.3) is 11.1 Å². The summed E-state index contributed by atoms with van der Waals surface area (Å²) in [5.74, 6) is 0.0287. The Morgan fingerprint density at radius 3 is 2.29 bits per heavy atom. The van der Waals surface area contributed by atoms with Gasteiger partial charge in [0.1, 0.15) is 30.9 Å². The fourth-order valence-corrected chi connectivity index (χ4v) is 3.94. The van der Waals surface area contributed by atoms with Crippen molar-refractivity contribution in [2.75, 3.05) is 0 Å². The molecule has 7 heteroatoms. The minimum Gasteiger partial charge on any atom is -0.383 e. The highest BCUT2D eigenvalue weighted by atomic mass is 16.3. The number of hydrogen-bond donors (Lipinski definition) is 1. The summed E-state index contributed by atoms with van der Waals surface area (Å²) >= 11 is 0. The molecule has 0 aliphatic heterocycles. The SMILES string of the molecule is OC(Cn1cncn1)(c1ccc(-c2ccccc2)cc1)C1CC1n1cncn1. The Hall–Kier alpha value is -3.32. The van der Waals surface area contributed by atoms with Crippen LogP contribution in [0.2, 0.25) is 0 Å². The molecular weight excluding hydrogens is 352 g/mol. The van der Waals surface area contributed by atoms with Crippen molar-refractivity contribution in [2.45, 2.75) is 24.6 Å². The van der Waals surface area contributed by atoms with Crippen molar-refractivity contribution in [3.8, 4) is 11.1 Å². The third-order valence-corrected chi connectivity index (χ3v) is 5.51. The van der Waals surface area contributed by atoms with Crippen molar-refractivity contribution >= 4 is 0 Å². The molecule has 3 atom stereocenters. The smallest absolute Gasteiger partial charge is 0.137 e. The van der Waals surface area contributed by atoms with Crippen molar-refractivity contribution in [3.05, 3.63) is 85.5 Å². The zero-order valence-corrected chi connectivity index (χ0v) is 15.2. The lowest BCUT2D eigenvalue weighted by Gasteiger charge is -2.29. The second kappa shape index (κ2) is 6.69. The van der Waals surface area contributed by atoms with Crippen molar-refractivity contribution in [2.24, 2.45) is 5.92 Å². The predicted molar refractivity (Wildman–Crippen MR) is 103 cm³/mol. The van der Waals surface area contributed by atoms with Crippen molar-refractivity contribution in [3.63, 3.8) is 0 Å². The van der Waals surface area contributed by atoms with E-state index in [9.17, 15) is 5.11 Å². The molecule has 28 heavy (non-hydrogen) atoms. The zero-order chi connectivity index (χ0) is 19.0. The van der Waals surface area contributed by atoms with E-state index in [0.29, 0.717) is 6.54 Å². The summed E-state index contributed by atoms with van der Waals surface area (Å²) < 4.78 is 3.51. The van der Waals surface area contributed by atoms with E-state index >= 15 is 0 Å². The summed E-state index contributed by atoms with van der Waals surface area (Å²) in [4.78, 5) is 8.05. The number of hydrogen-bond acceptors (Lipinski definition) is 5. The molecule has 0 saturated heterocycles. The molecule has 1 aliphatic carbocycles. The van der Waals surface area contributed by atoms with Gasteiger partial charge in [-0.15, -0.1) is 0 Å². The van der Waals surface area contributed by atoms with E-state index < -0.39 is 5.60 Å². The van der Waals surface area contributed by atoms with Crippen LogP contribution in [0.3, 0.4) is 0 Å². The first kappa shape index (κ1) is 16.8. The minimum absolute atomic E-state index is 0.0287. The Bertz CT molecular complexity index is 1030. The number of nitrogens with zero attached hydrogens (tertiary/aromatic N) is 6. The van der Waals surface area contributed by atoms with Crippen LogP contribution >= 0.6 is 0 Å². The van der Waals surface area contributed by atoms with Crippen molar-refractivity contribution < 1.29 is 5.11 Å². The number of aliphatic hydroxyl groups is 1. The molecule has 2 aromatic carbocycles. The van der Waals surface area contributed by atoms with Crippen LogP contribution in [0.1, 0.15) is 18.0 Å². The first-order valence-electron chi connectivity index (χ1n) is 9.29. The molecule has 5 rings (SSSR count). The lowest BCUT2D eigenvalue weighted by Crippen LogP contribution is -2.35.